The van der Waals surface area contributed by atoms with E-state index in [-0.39, 0.29) is 25.0 Å². The number of pyridine rings is 3. The first kappa shape index (κ1) is 25.9. The van der Waals surface area contributed by atoms with Gasteiger partial charge >= 0.3 is 0 Å². The van der Waals surface area contributed by atoms with Crippen LogP contribution >= 0.6 is 0 Å². The van der Waals surface area contributed by atoms with Crippen molar-refractivity contribution in [3.8, 4) is 22.5 Å². The van der Waals surface area contributed by atoms with Gasteiger partial charge in [0.15, 0.2) is 9.84 Å². The van der Waals surface area contributed by atoms with E-state index in [0.29, 0.717) is 21.5 Å². The van der Waals surface area contributed by atoms with Gasteiger partial charge in [0.2, 0.25) is 0 Å². The van der Waals surface area contributed by atoms with E-state index in [1.165, 1.54) is 0 Å². The number of hydrogen-bond acceptors (Lipinski definition) is 5. The summed E-state index contributed by atoms with van der Waals surface area (Å²) in [5.74, 6) is 0. The molecule has 3 aromatic heterocycles. The summed E-state index contributed by atoms with van der Waals surface area (Å²) in [4.78, 5) is 13.8. The Bertz CT molecular complexity index is 1870. The second kappa shape index (κ2) is 10.2. The zero-order valence-corrected chi connectivity index (χ0v) is 23.8. The Hall–Kier alpha value is -3.77. The standard InChI is InChI=1S/C20H13N2O2S.C11H8N.Ir/c1-11-9-16-13-7-8-21-20-14-5-3-4-6-17(14)25(23,24)18(19(13)20)10-15(16)12(2)22-11;1-2-6-10(7-3-1)11-8-4-5-9-12-11;/h3-4,6-10H,1-2H3;1-6,8-9H;/q2*-1;. The van der Waals surface area contributed by atoms with Gasteiger partial charge in [0, 0.05) is 49.3 Å². The summed E-state index contributed by atoms with van der Waals surface area (Å²) >= 11 is 0. The van der Waals surface area contributed by atoms with Crippen molar-refractivity contribution >= 4 is 31.4 Å². The number of sulfone groups is 1. The molecule has 0 unspecified atom stereocenters. The monoisotopic (exact) mass is 692 g/mol. The van der Waals surface area contributed by atoms with Crippen molar-refractivity contribution < 1.29 is 28.5 Å². The molecule has 5 nitrogen and oxygen atoms in total. The predicted octanol–water partition coefficient (Wildman–Crippen LogP) is 6.56. The average molecular weight is 692 g/mol. The van der Waals surface area contributed by atoms with Crippen LogP contribution in [0.4, 0.5) is 0 Å². The third kappa shape index (κ3) is 4.33. The van der Waals surface area contributed by atoms with Crippen molar-refractivity contribution in [3.63, 3.8) is 0 Å². The van der Waals surface area contributed by atoms with Gasteiger partial charge in [-0.1, -0.05) is 12.1 Å². The fourth-order valence-electron chi connectivity index (χ4n) is 4.81. The van der Waals surface area contributed by atoms with Crippen molar-refractivity contribution in [1.29, 1.82) is 0 Å². The van der Waals surface area contributed by atoms with Crippen LogP contribution in [0.2, 0.25) is 0 Å². The Morgan fingerprint density at radius 1 is 0.737 bits per heavy atom. The molecule has 0 fully saturated rings. The van der Waals surface area contributed by atoms with Gasteiger partial charge in [-0.2, -0.15) is 0 Å². The van der Waals surface area contributed by atoms with Gasteiger partial charge in [-0.3, -0.25) is 4.98 Å². The van der Waals surface area contributed by atoms with E-state index >= 15 is 0 Å². The molecule has 0 N–H and O–H groups in total. The summed E-state index contributed by atoms with van der Waals surface area (Å²) in [6.45, 7) is 3.85. The van der Waals surface area contributed by atoms with Gasteiger partial charge in [0.25, 0.3) is 0 Å². The topological polar surface area (TPSA) is 72.8 Å². The fraction of sp³-hybridized carbons (Fsp3) is 0.0645. The molecule has 0 spiro atoms. The molecular weight excluding hydrogens is 671 g/mol. The van der Waals surface area contributed by atoms with E-state index in [4.69, 9.17) is 0 Å². The maximum Gasteiger partial charge on any atom is 0.172 e. The molecule has 1 aliphatic rings. The molecule has 1 aliphatic heterocycles. The normalized spacial score (nSPS) is 12.7. The van der Waals surface area contributed by atoms with Gasteiger partial charge in [-0.15, -0.1) is 65.7 Å². The van der Waals surface area contributed by atoms with Crippen LogP contribution < -0.4 is 0 Å². The largest absolute Gasteiger partial charge is 0.305 e. The van der Waals surface area contributed by atoms with Crippen molar-refractivity contribution in [3.05, 3.63) is 115 Å². The summed E-state index contributed by atoms with van der Waals surface area (Å²) in [6.07, 6.45) is 3.52. The van der Waals surface area contributed by atoms with E-state index in [0.717, 1.165) is 38.8 Å². The third-order valence-corrected chi connectivity index (χ3v) is 8.24. The van der Waals surface area contributed by atoms with Crippen molar-refractivity contribution in [2.45, 2.75) is 23.6 Å². The molecule has 7 heteroatoms. The summed E-state index contributed by atoms with van der Waals surface area (Å²) in [7, 11) is -3.63. The first-order chi connectivity index (χ1) is 17.9. The van der Waals surface area contributed by atoms with Crippen molar-refractivity contribution in [2.24, 2.45) is 0 Å². The van der Waals surface area contributed by atoms with Crippen LogP contribution in [0.15, 0.2) is 101 Å². The molecule has 189 valence electrons. The fourth-order valence-corrected chi connectivity index (χ4v) is 6.47. The van der Waals surface area contributed by atoms with Crippen molar-refractivity contribution in [2.75, 3.05) is 0 Å². The maximum atomic E-state index is 13.2. The molecule has 38 heavy (non-hydrogen) atoms. The summed E-state index contributed by atoms with van der Waals surface area (Å²) in [5.41, 5.74) is 4.96. The molecule has 4 heterocycles. The minimum atomic E-state index is -3.63. The zero-order valence-electron chi connectivity index (χ0n) is 20.6. The SMILES string of the molecule is Cc1cc2c(cc3c4c(nccc42)-c2[c-]cccc2S3(=O)=O)c(C)n1.[Ir].[c-]1ccccc1-c1ccccn1. The number of rotatable bonds is 1. The van der Waals surface area contributed by atoms with E-state index in [1.54, 1.807) is 36.7 Å². The third-order valence-electron chi connectivity index (χ3n) is 6.42. The van der Waals surface area contributed by atoms with Gasteiger partial charge < -0.3 is 9.97 Å². The second-order valence-electron chi connectivity index (χ2n) is 8.81. The zero-order chi connectivity index (χ0) is 25.6. The Balaban J connectivity index is 0.000000191. The summed E-state index contributed by atoms with van der Waals surface area (Å²) in [6, 6.07) is 30.5. The van der Waals surface area contributed by atoms with Crippen LogP contribution in [0.1, 0.15) is 11.4 Å². The van der Waals surface area contributed by atoms with Crippen LogP contribution in [0.5, 0.6) is 0 Å². The molecular formula is C31H21IrN3O2S-2. The number of benzene rings is 3. The molecule has 0 amide bonds. The number of hydrogen-bond donors (Lipinski definition) is 0. The number of aromatic nitrogens is 3. The van der Waals surface area contributed by atoms with Crippen LogP contribution in [-0.2, 0) is 29.9 Å². The molecule has 7 rings (SSSR count). The Kier molecular flexibility index (Phi) is 6.93. The molecule has 0 bridgehead atoms. The van der Waals surface area contributed by atoms with E-state index < -0.39 is 9.84 Å². The van der Waals surface area contributed by atoms with E-state index in [2.05, 4.69) is 27.1 Å². The van der Waals surface area contributed by atoms with Crippen LogP contribution in [0.3, 0.4) is 0 Å². The second-order valence-corrected chi connectivity index (χ2v) is 10.7. The molecule has 0 saturated heterocycles. The number of aryl methyl sites for hydroxylation is 2. The molecule has 0 saturated carbocycles. The maximum absolute atomic E-state index is 13.2. The smallest absolute Gasteiger partial charge is 0.172 e. The van der Waals surface area contributed by atoms with Gasteiger partial charge in [0.1, 0.15) is 0 Å². The first-order valence-corrected chi connectivity index (χ1v) is 13.3. The predicted molar refractivity (Wildman–Crippen MR) is 145 cm³/mol. The minimum Gasteiger partial charge on any atom is -0.305 e. The Morgan fingerprint density at radius 2 is 1.55 bits per heavy atom. The average Bonchev–Trinajstić information content (AvgIpc) is 2.93. The number of nitrogens with zero attached hydrogens (tertiary/aromatic N) is 3. The molecule has 0 aliphatic carbocycles. The van der Waals surface area contributed by atoms with Gasteiger partial charge in [-0.25, -0.2) is 8.42 Å². The van der Waals surface area contributed by atoms with Gasteiger partial charge in [-0.05, 0) is 70.6 Å². The quantitative estimate of drug-likeness (QED) is 0.144. The van der Waals surface area contributed by atoms with Gasteiger partial charge in [0.05, 0.1) is 4.90 Å². The molecule has 3 aromatic carbocycles. The summed E-state index contributed by atoms with van der Waals surface area (Å²) < 4.78 is 26.5. The van der Waals surface area contributed by atoms with Crippen LogP contribution in [0.25, 0.3) is 44.1 Å². The Labute approximate surface area is 234 Å². The summed E-state index contributed by atoms with van der Waals surface area (Å²) in [5, 5.41) is 3.42. The minimum absolute atomic E-state index is 0. The molecule has 6 aromatic rings. The molecule has 1 radical (unpaired) electrons. The van der Waals surface area contributed by atoms with Crippen molar-refractivity contribution in [1.82, 2.24) is 15.0 Å². The molecule has 0 atom stereocenters. The van der Waals surface area contributed by atoms with Crippen LogP contribution in [0, 0.1) is 26.0 Å². The van der Waals surface area contributed by atoms with E-state index in [9.17, 15) is 8.42 Å². The Morgan fingerprint density at radius 3 is 2.32 bits per heavy atom. The van der Waals surface area contributed by atoms with Crippen LogP contribution in [-0.4, -0.2) is 23.4 Å². The first-order valence-electron chi connectivity index (χ1n) is 11.8. The number of fused-ring (bicyclic) bond motifs is 4. The van der Waals surface area contributed by atoms with E-state index in [1.807, 2.05) is 68.4 Å².